The number of hydrogen-bond donors (Lipinski definition) is 0. The fourth-order valence-corrected chi connectivity index (χ4v) is 1.43. The molecule has 2 rings (SSSR count). The molecule has 0 fully saturated rings. The van der Waals surface area contributed by atoms with E-state index in [0.29, 0.717) is 0 Å². The van der Waals surface area contributed by atoms with Gasteiger partial charge in [-0.1, -0.05) is 24.3 Å². The lowest BCUT2D eigenvalue weighted by Crippen LogP contribution is -2.13. The molecular weight excluding hydrogens is 138 g/mol. The molecule has 58 valence electrons. The van der Waals surface area contributed by atoms with Crippen LogP contribution in [-0.2, 0) is 17.9 Å². The van der Waals surface area contributed by atoms with Gasteiger partial charge in [-0.2, -0.15) is 5.06 Å². The van der Waals surface area contributed by atoms with Gasteiger partial charge in [0.15, 0.2) is 0 Å². The van der Waals surface area contributed by atoms with Gasteiger partial charge in [0, 0.05) is 13.1 Å². The maximum Gasteiger partial charge on any atom is 0.0575 e. The van der Waals surface area contributed by atoms with Crippen molar-refractivity contribution in [2.45, 2.75) is 13.1 Å². The van der Waals surface area contributed by atoms with Crippen LogP contribution in [0.5, 0.6) is 0 Å². The van der Waals surface area contributed by atoms with E-state index in [4.69, 9.17) is 4.84 Å². The van der Waals surface area contributed by atoms with Gasteiger partial charge in [0.25, 0.3) is 0 Å². The third kappa shape index (κ3) is 1.15. The van der Waals surface area contributed by atoms with Crippen LogP contribution >= 0.6 is 0 Å². The highest BCUT2D eigenvalue weighted by molar-refractivity contribution is 5.29. The molecule has 1 aliphatic rings. The summed E-state index contributed by atoms with van der Waals surface area (Å²) in [5.74, 6) is 0. The van der Waals surface area contributed by atoms with E-state index in [-0.39, 0.29) is 0 Å². The van der Waals surface area contributed by atoms with Gasteiger partial charge >= 0.3 is 0 Å². The second-order valence-corrected chi connectivity index (χ2v) is 2.75. The fraction of sp³-hybridized carbons (Fsp3) is 0.333. The summed E-state index contributed by atoms with van der Waals surface area (Å²) in [7, 11) is 1.71. The molecule has 2 nitrogen and oxygen atoms in total. The fourth-order valence-electron chi connectivity index (χ4n) is 1.43. The summed E-state index contributed by atoms with van der Waals surface area (Å²) in [5.41, 5.74) is 2.77. The molecule has 1 heterocycles. The topological polar surface area (TPSA) is 12.5 Å². The molecule has 1 aromatic carbocycles. The van der Waals surface area contributed by atoms with Crippen molar-refractivity contribution in [3.05, 3.63) is 35.4 Å². The van der Waals surface area contributed by atoms with E-state index in [9.17, 15) is 0 Å². The Morgan fingerprint density at radius 2 is 1.73 bits per heavy atom. The highest BCUT2D eigenvalue weighted by atomic mass is 16.7. The van der Waals surface area contributed by atoms with E-state index in [0.717, 1.165) is 13.1 Å². The molecule has 0 saturated carbocycles. The third-order valence-electron chi connectivity index (χ3n) is 2.07. The van der Waals surface area contributed by atoms with Crippen molar-refractivity contribution in [1.82, 2.24) is 5.06 Å². The first-order valence-electron chi connectivity index (χ1n) is 3.76. The van der Waals surface area contributed by atoms with Gasteiger partial charge in [0.2, 0.25) is 0 Å². The molecule has 0 spiro atoms. The molecule has 0 saturated heterocycles. The van der Waals surface area contributed by atoms with Crippen molar-refractivity contribution in [1.29, 1.82) is 0 Å². The zero-order valence-electron chi connectivity index (χ0n) is 6.58. The van der Waals surface area contributed by atoms with Crippen LogP contribution in [0, 0.1) is 0 Å². The summed E-state index contributed by atoms with van der Waals surface area (Å²) in [6.07, 6.45) is 0. The van der Waals surface area contributed by atoms with Gasteiger partial charge in [-0.05, 0) is 11.1 Å². The maximum atomic E-state index is 5.13. The van der Waals surface area contributed by atoms with E-state index in [2.05, 4.69) is 24.3 Å². The zero-order valence-corrected chi connectivity index (χ0v) is 6.58. The van der Waals surface area contributed by atoms with E-state index in [1.54, 1.807) is 7.11 Å². The van der Waals surface area contributed by atoms with Gasteiger partial charge < -0.3 is 4.84 Å². The Bertz CT molecular complexity index is 234. The Morgan fingerprint density at radius 1 is 1.18 bits per heavy atom. The quantitative estimate of drug-likeness (QED) is 0.601. The largest absolute Gasteiger partial charge is 0.302 e. The molecule has 0 radical (unpaired) electrons. The maximum absolute atomic E-state index is 5.13. The van der Waals surface area contributed by atoms with Gasteiger partial charge in [0.1, 0.15) is 0 Å². The van der Waals surface area contributed by atoms with E-state index >= 15 is 0 Å². The first kappa shape index (κ1) is 6.83. The summed E-state index contributed by atoms with van der Waals surface area (Å²) in [6, 6.07) is 8.43. The molecule has 0 amide bonds. The SMILES string of the molecule is CON1Cc2ccccc2C1. The van der Waals surface area contributed by atoms with Crippen LogP contribution in [0.1, 0.15) is 11.1 Å². The normalized spacial score (nSPS) is 16.8. The van der Waals surface area contributed by atoms with E-state index in [1.807, 2.05) is 5.06 Å². The highest BCUT2D eigenvalue weighted by Gasteiger charge is 2.16. The van der Waals surface area contributed by atoms with Gasteiger partial charge in [-0.3, -0.25) is 0 Å². The number of hydrogen-bond acceptors (Lipinski definition) is 2. The van der Waals surface area contributed by atoms with Crippen LogP contribution in [0.25, 0.3) is 0 Å². The van der Waals surface area contributed by atoms with Crippen molar-refractivity contribution in [2.24, 2.45) is 0 Å². The summed E-state index contributed by atoms with van der Waals surface area (Å²) < 4.78 is 0. The van der Waals surface area contributed by atoms with E-state index < -0.39 is 0 Å². The number of benzene rings is 1. The standard InChI is InChI=1S/C9H11NO/c1-11-10-6-8-4-2-3-5-9(8)7-10/h2-5H,6-7H2,1H3. The summed E-state index contributed by atoms with van der Waals surface area (Å²) >= 11 is 0. The zero-order chi connectivity index (χ0) is 7.68. The summed E-state index contributed by atoms with van der Waals surface area (Å²) in [4.78, 5) is 5.13. The molecule has 0 aromatic heterocycles. The predicted octanol–water partition coefficient (Wildman–Crippen LogP) is 1.56. The van der Waals surface area contributed by atoms with Crippen molar-refractivity contribution in [3.8, 4) is 0 Å². The van der Waals surface area contributed by atoms with Crippen LogP contribution in [0.2, 0.25) is 0 Å². The number of rotatable bonds is 1. The van der Waals surface area contributed by atoms with Crippen LogP contribution in [0.3, 0.4) is 0 Å². The Kier molecular flexibility index (Phi) is 1.64. The minimum absolute atomic E-state index is 0.923. The van der Waals surface area contributed by atoms with Crippen LogP contribution in [-0.4, -0.2) is 12.2 Å². The van der Waals surface area contributed by atoms with Crippen molar-refractivity contribution < 1.29 is 4.84 Å². The molecule has 0 aliphatic carbocycles. The monoisotopic (exact) mass is 149 g/mol. The third-order valence-corrected chi connectivity index (χ3v) is 2.07. The Labute approximate surface area is 66.3 Å². The van der Waals surface area contributed by atoms with Crippen molar-refractivity contribution >= 4 is 0 Å². The molecular formula is C9H11NO. The molecule has 0 unspecified atom stereocenters. The Hall–Kier alpha value is -0.860. The average molecular weight is 149 g/mol. The van der Waals surface area contributed by atoms with Gasteiger partial charge in [-0.25, -0.2) is 0 Å². The van der Waals surface area contributed by atoms with Crippen molar-refractivity contribution in [3.63, 3.8) is 0 Å². The second kappa shape index (κ2) is 2.64. The highest BCUT2D eigenvalue weighted by Crippen LogP contribution is 2.21. The Balaban J connectivity index is 2.27. The van der Waals surface area contributed by atoms with Gasteiger partial charge in [-0.15, -0.1) is 0 Å². The smallest absolute Gasteiger partial charge is 0.0575 e. The molecule has 0 atom stereocenters. The lowest BCUT2D eigenvalue weighted by molar-refractivity contribution is -0.137. The minimum Gasteiger partial charge on any atom is -0.302 e. The molecule has 2 heteroatoms. The van der Waals surface area contributed by atoms with Crippen LogP contribution < -0.4 is 0 Å². The van der Waals surface area contributed by atoms with Crippen LogP contribution in [0.4, 0.5) is 0 Å². The van der Waals surface area contributed by atoms with Crippen molar-refractivity contribution in [2.75, 3.05) is 7.11 Å². The Morgan fingerprint density at radius 3 is 2.18 bits per heavy atom. The van der Waals surface area contributed by atoms with Crippen LogP contribution in [0.15, 0.2) is 24.3 Å². The number of fused-ring (bicyclic) bond motifs is 1. The first-order chi connectivity index (χ1) is 5.40. The molecule has 1 aliphatic heterocycles. The molecule has 0 bridgehead atoms. The lowest BCUT2D eigenvalue weighted by atomic mass is 10.1. The van der Waals surface area contributed by atoms with Gasteiger partial charge in [0.05, 0.1) is 7.11 Å². The average Bonchev–Trinajstić information content (AvgIpc) is 2.46. The number of hydroxylamine groups is 2. The molecule has 11 heavy (non-hydrogen) atoms. The molecule has 1 aromatic rings. The summed E-state index contributed by atoms with van der Waals surface area (Å²) in [5, 5.41) is 1.95. The number of nitrogens with zero attached hydrogens (tertiary/aromatic N) is 1. The minimum atomic E-state index is 0.923. The first-order valence-corrected chi connectivity index (χ1v) is 3.76. The lowest BCUT2D eigenvalue weighted by Gasteiger charge is -2.09. The second-order valence-electron chi connectivity index (χ2n) is 2.75. The van der Waals surface area contributed by atoms with E-state index in [1.165, 1.54) is 11.1 Å². The predicted molar refractivity (Wildman–Crippen MR) is 42.7 cm³/mol. The molecule has 0 N–H and O–H groups in total. The summed E-state index contributed by atoms with van der Waals surface area (Å²) in [6.45, 7) is 1.85.